The van der Waals surface area contributed by atoms with E-state index < -0.39 is 0 Å². The molecule has 1 unspecified atom stereocenters. The summed E-state index contributed by atoms with van der Waals surface area (Å²) in [7, 11) is 0. The highest BCUT2D eigenvalue weighted by molar-refractivity contribution is 4.80. The highest BCUT2D eigenvalue weighted by atomic mass is 15.2. The van der Waals surface area contributed by atoms with Crippen molar-refractivity contribution in [3.63, 3.8) is 0 Å². The standard InChI is InChI=1S/C16H34N2/c1-6-18(15-10-8-7-9-11-15)14(2)12-13-17-16(3,4)5/h14-15,17H,6-13H2,1-5H3. The topological polar surface area (TPSA) is 15.3 Å². The van der Waals surface area contributed by atoms with Crippen molar-refractivity contribution in [1.29, 1.82) is 0 Å². The van der Waals surface area contributed by atoms with Crippen molar-refractivity contribution in [2.45, 2.75) is 90.8 Å². The van der Waals surface area contributed by atoms with Crippen LogP contribution in [0.15, 0.2) is 0 Å². The maximum Gasteiger partial charge on any atom is 0.00979 e. The average Bonchev–Trinajstić information content (AvgIpc) is 2.29. The molecule has 1 rings (SSSR count). The van der Waals surface area contributed by atoms with E-state index in [1.165, 1.54) is 45.1 Å². The second-order valence-corrected chi connectivity index (χ2v) is 6.94. The fourth-order valence-corrected chi connectivity index (χ4v) is 3.16. The zero-order chi connectivity index (χ0) is 13.6. The van der Waals surface area contributed by atoms with Gasteiger partial charge in [-0.3, -0.25) is 4.90 Å². The maximum absolute atomic E-state index is 3.61. The molecule has 0 radical (unpaired) electrons. The van der Waals surface area contributed by atoms with Crippen molar-refractivity contribution in [2.75, 3.05) is 13.1 Å². The Bertz CT molecular complexity index is 214. The van der Waals surface area contributed by atoms with Gasteiger partial charge in [0, 0.05) is 17.6 Å². The molecule has 1 aliphatic carbocycles. The average molecular weight is 254 g/mol. The van der Waals surface area contributed by atoms with Gasteiger partial charge in [0.2, 0.25) is 0 Å². The first-order chi connectivity index (χ1) is 8.44. The SMILES string of the molecule is CCN(C(C)CCNC(C)(C)C)C1CCCCC1. The van der Waals surface area contributed by atoms with Gasteiger partial charge >= 0.3 is 0 Å². The number of hydrogen-bond acceptors (Lipinski definition) is 2. The minimum Gasteiger partial charge on any atom is -0.312 e. The van der Waals surface area contributed by atoms with Gasteiger partial charge in [-0.1, -0.05) is 26.2 Å². The van der Waals surface area contributed by atoms with Gasteiger partial charge in [0.1, 0.15) is 0 Å². The summed E-state index contributed by atoms with van der Waals surface area (Å²) in [5.74, 6) is 0. The largest absolute Gasteiger partial charge is 0.312 e. The Balaban J connectivity index is 2.34. The lowest BCUT2D eigenvalue weighted by Gasteiger charge is -2.38. The molecular formula is C16H34N2. The van der Waals surface area contributed by atoms with Crippen LogP contribution in [0.5, 0.6) is 0 Å². The number of nitrogens with one attached hydrogen (secondary N) is 1. The third-order valence-electron chi connectivity index (χ3n) is 4.19. The molecule has 0 aromatic carbocycles. The molecule has 2 nitrogen and oxygen atoms in total. The second-order valence-electron chi connectivity index (χ2n) is 6.94. The Kier molecular flexibility index (Phi) is 6.65. The van der Waals surface area contributed by atoms with Crippen LogP contribution in [0.3, 0.4) is 0 Å². The Hall–Kier alpha value is -0.0800. The van der Waals surface area contributed by atoms with E-state index in [9.17, 15) is 0 Å². The third-order valence-corrected chi connectivity index (χ3v) is 4.19. The van der Waals surface area contributed by atoms with Crippen LogP contribution in [0.4, 0.5) is 0 Å². The normalized spacial score (nSPS) is 20.3. The Morgan fingerprint density at radius 2 is 1.78 bits per heavy atom. The number of rotatable bonds is 6. The lowest BCUT2D eigenvalue weighted by atomic mass is 9.93. The monoisotopic (exact) mass is 254 g/mol. The van der Waals surface area contributed by atoms with Crippen LogP contribution in [-0.4, -0.2) is 35.6 Å². The summed E-state index contributed by atoms with van der Waals surface area (Å²) in [6.45, 7) is 13.8. The van der Waals surface area contributed by atoms with Crippen molar-refractivity contribution in [2.24, 2.45) is 0 Å². The molecule has 0 spiro atoms. The molecule has 108 valence electrons. The molecule has 0 aromatic heterocycles. The molecule has 0 amide bonds. The first-order valence-electron chi connectivity index (χ1n) is 7.95. The van der Waals surface area contributed by atoms with Crippen molar-refractivity contribution < 1.29 is 0 Å². The molecular weight excluding hydrogens is 220 g/mol. The smallest absolute Gasteiger partial charge is 0.00979 e. The lowest BCUT2D eigenvalue weighted by molar-refractivity contribution is 0.113. The van der Waals surface area contributed by atoms with Crippen molar-refractivity contribution in [3.05, 3.63) is 0 Å². The van der Waals surface area contributed by atoms with Crippen molar-refractivity contribution in [3.8, 4) is 0 Å². The van der Waals surface area contributed by atoms with Crippen LogP contribution < -0.4 is 5.32 Å². The molecule has 1 atom stereocenters. The van der Waals surface area contributed by atoms with Crippen molar-refractivity contribution in [1.82, 2.24) is 10.2 Å². The van der Waals surface area contributed by atoms with Crippen LogP contribution in [0.25, 0.3) is 0 Å². The van der Waals surface area contributed by atoms with Gasteiger partial charge in [-0.05, 0) is 60.0 Å². The molecule has 0 heterocycles. The fourth-order valence-electron chi connectivity index (χ4n) is 3.16. The quantitative estimate of drug-likeness (QED) is 0.775. The summed E-state index contributed by atoms with van der Waals surface area (Å²) < 4.78 is 0. The van der Waals surface area contributed by atoms with Crippen LogP contribution in [0.2, 0.25) is 0 Å². The summed E-state index contributed by atoms with van der Waals surface area (Å²) in [5.41, 5.74) is 0.252. The lowest BCUT2D eigenvalue weighted by Crippen LogP contribution is -2.45. The summed E-state index contributed by atoms with van der Waals surface area (Å²) in [6, 6.07) is 1.57. The Morgan fingerprint density at radius 3 is 2.28 bits per heavy atom. The van der Waals surface area contributed by atoms with Gasteiger partial charge in [-0.15, -0.1) is 0 Å². The van der Waals surface area contributed by atoms with Gasteiger partial charge < -0.3 is 5.32 Å². The number of nitrogens with zero attached hydrogens (tertiary/aromatic N) is 1. The zero-order valence-electron chi connectivity index (χ0n) is 13.3. The predicted octanol–water partition coefficient (Wildman–Crippen LogP) is 3.81. The van der Waals surface area contributed by atoms with Gasteiger partial charge in [0.15, 0.2) is 0 Å². The van der Waals surface area contributed by atoms with E-state index in [-0.39, 0.29) is 5.54 Å². The molecule has 0 saturated heterocycles. The molecule has 18 heavy (non-hydrogen) atoms. The molecule has 1 fully saturated rings. The third kappa shape index (κ3) is 5.71. The summed E-state index contributed by atoms with van der Waals surface area (Å²) in [6.07, 6.45) is 8.44. The van der Waals surface area contributed by atoms with Crippen LogP contribution in [-0.2, 0) is 0 Å². The van der Waals surface area contributed by atoms with Crippen LogP contribution in [0, 0.1) is 0 Å². The van der Waals surface area contributed by atoms with Crippen LogP contribution >= 0.6 is 0 Å². The van der Waals surface area contributed by atoms with Gasteiger partial charge in [-0.25, -0.2) is 0 Å². The van der Waals surface area contributed by atoms with E-state index in [0.29, 0.717) is 6.04 Å². The van der Waals surface area contributed by atoms with E-state index in [1.54, 1.807) is 0 Å². The summed E-state index contributed by atoms with van der Waals surface area (Å²) in [5, 5.41) is 3.61. The van der Waals surface area contributed by atoms with E-state index >= 15 is 0 Å². The predicted molar refractivity (Wildman–Crippen MR) is 81.1 cm³/mol. The maximum atomic E-state index is 3.61. The van der Waals surface area contributed by atoms with Gasteiger partial charge in [-0.2, -0.15) is 0 Å². The van der Waals surface area contributed by atoms with E-state index in [4.69, 9.17) is 0 Å². The van der Waals surface area contributed by atoms with Crippen LogP contribution in [0.1, 0.15) is 73.1 Å². The number of hydrogen-bond donors (Lipinski definition) is 1. The van der Waals surface area contributed by atoms with Gasteiger partial charge in [0.05, 0.1) is 0 Å². The Morgan fingerprint density at radius 1 is 1.17 bits per heavy atom. The molecule has 1 saturated carbocycles. The van der Waals surface area contributed by atoms with Gasteiger partial charge in [0.25, 0.3) is 0 Å². The molecule has 0 aromatic rings. The zero-order valence-corrected chi connectivity index (χ0v) is 13.3. The molecule has 0 aliphatic heterocycles. The molecule has 2 heteroatoms. The van der Waals surface area contributed by atoms with E-state index in [1.807, 2.05) is 0 Å². The highest BCUT2D eigenvalue weighted by Gasteiger charge is 2.23. The summed E-state index contributed by atoms with van der Waals surface area (Å²) in [4.78, 5) is 2.74. The van der Waals surface area contributed by atoms with E-state index in [2.05, 4.69) is 44.8 Å². The first kappa shape index (κ1) is 16.0. The first-order valence-corrected chi connectivity index (χ1v) is 7.95. The van der Waals surface area contributed by atoms with E-state index in [0.717, 1.165) is 12.6 Å². The fraction of sp³-hybridized carbons (Fsp3) is 1.00. The summed E-state index contributed by atoms with van der Waals surface area (Å²) >= 11 is 0. The highest BCUT2D eigenvalue weighted by Crippen LogP contribution is 2.24. The Labute approximate surface area is 115 Å². The molecule has 1 aliphatic rings. The minimum absolute atomic E-state index is 0.252. The second kappa shape index (κ2) is 7.49. The minimum atomic E-state index is 0.252. The van der Waals surface area contributed by atoms with Crippen molar-refractivity contribution >= 4 is 0 Å². The molecule has 1 N–H and O–H groups in total. The molecule has 0 bridgehead atoms.